The van der Waals surface area contributed by atoms with Gasteiger partial charge >= 0.3 is 0 Å². The van der Waals surface area contributed by atoms with Crippen LogP contribution >= 0.6 is 11.8 Å². The van der Waals surface area contributed by atoms with Crippen molar-refractivity contribution in [3.63, 3.8) is 0 Å². The highest BCUT2D eigenvalue weighted by Crippen LogP contribution is 2.22. The lowest BCUT2D eigenvalue weighted by atomic mass is 10.1. The maximum Gasteiger partial charge on any atom is 0.244 e. The number of benzene rings is 1. The molecule has 1 aromatic rings. The van der Waals surface area contributed by atoms with Crippen molar-refractivity contribution < 1.29 is 9.59 Å². The molecule has 1 saturated heterocycles. The van der Waals surface area contributed by atoms with Gasteiger partial charge in [-0.15, -0.1) is 11.8 Å². The zero-order valence-electron chi connectivity index (χ0n) is 11.1. The Morgan fingerprint density at radius 2 is 2.05 bits per heavy atom. The first-order valence-corrected chi connectivity index (χ1v) is 7.45. The topological polar surface area (TPSA) is 49.4 Å². The summed E-state index contributed by atoms with van der Waals surface area (Å²) in [5, 5.41) is 2.98. The number of amides is 2. The number of carbonyl (C=O) groups excluding carboxylic acids is 2. The van der Waals surface area contributed by atoms with Crippen LogP contribution in [0.5, 0.6) is 0 Å². The van der Waals surface area contributed by atoms with E-state index in [0.717, 1.165) is 5.56 Å². The zero-order valence-corrected chi connectivity index (χ0v) is 11.9. The molecule has 5 heteroatoms. The predicted octanol–water partition coefficient (Wildman–Crippen LogP) is 1.79. The van der Waals surface area contributed by atoms with Crippen molar-refractivity contribution in [2.75, 3.05) is 11.6 Å². The molecule has 0 radical (unpaired) electrons. The van der Waals surface area contributed by atoms with Gasteiger partial charge < -0.3 is 10.2 Å². The molecule has 2 unspecified atom stereocenters. The number of carbonyl (C=O) groups is 2. The maximum atomic E-state index is 12.2. The van der Waals surface area contributed by atoms with E-state index in [1.807, 2.05) is 37.3 Å². The van der Waals surface area contributed by atoms with Crippen molar-refractivity contribution in [3.8, 4) is 0 Å². The van der Waals surface area contributed by atoms with Crippen molar-refractivity contribution in [1.82, 2.24) is 10.2 Å². The zero-order chi connectivity index (χ0) is 13.8. The minimum Gasteiger partial charge on any atom is -0.348 e. The van der Waals surface area contributed by atoms with E-state index in [-0.39, 0.29) is 23.9 Å². The number of hydrogen-bond donors (Lipinski definition) is 1. The van der Waals surface area contributed by atoms with Crippen molar-refractivity contribution in [1.29, 1.82) is 0 Å². The van der Waals surface area contributed by atoms with Crippen LogP contribution in [0.4, 0.5) is 0 Å². The van der Waals surface area contributed by atoms with Gasteiger partial charge in [0.05, 0.1) is 11.9 Å². The third-order valence-corrected chi connectivity index (χ3v) is 4.26. The second-order valence-corrected chi connectivity index (χ2v) is 5.65. The highest BCUT2D eigenvalue weighted by atomic mass is 32.2. The molecule has 1 aromatic carbocycles. The van der Waals surface area contributed by atoms with Crippen LogP contribution in [0.2, 0.25) is 0 Å². The van der Waals surface area contributed by atoms with Crippen molar-refractivity contribution in [3.05, 3.63) is 35.9 Å². The molecule has 19 heavy (non-hydrogen) atoms. The van der Waals surface area contributed by atoms with Crippen molar-refractivity contribution >= 4 is 23.6 Å². The molecule has 0 bridgehead atoms. The Kier molecular flexibility index (Phi) is 4.47. The molecule has 2 rings (SSSR count). The van der Waals surface area contributed by atoms with Crippen LogP contribution in [-0.2, 0) is 9.59 Å². The van der Waals surface area contributed by atoms with E-state index < -0.39 is 0 Å². The molecular formula is C14H18N2O2S. The summed E-state index contributed by atoms with van der Waals surface area (Å²) in [6.45, 7) is 3.46. The fourth-order valence-electron chi connectivity index (χ4n) is 2.10. The van der Waals surface area contributed by atoms with E-state index in [2.05, 4.69) is 5.32 Å². The molecule has 1 aliphatic heterocycles. The van der Waals surface area contributed by atoms with Crippen LogP contribution in [0.3, 0.4) is 0 Å². The molecule has 4 nitrogen and oxygen atoms in total. The average molecular weight is 278 g/mol. The second-order valence-electron chi connectivity index (χ2n) is 4.65. The van der Waals surface area contributed by atoms with Crippen LogP contribution in [0, 0.1) is 0 Å². The minimum atomic E-state index is -0.339. The van der Waals surface area contributed by atoms with E-state index >= 15 is 0 Å². The largest absolute Gasteiger partial charge is 0.348 e. The molecule has 2 amide bonds. The first-order chi connectivity index (χ1) is 9.09. The molecule has 1 heterocycles. The highest BCUT2D eigenvalue weighted by molar-refractivity contribution is 7.99. The number of nitrogens with one attached hydrogen (secondary N) is 1. The summed E-state index contributed by atoms with van der Waals surface area (Å²) in [5.41, 5.74) is 1.07. The lowest BCUT2D eigenvalue weighted by Crippen LogP contribution is -2.47. The van der Waals surface area contributed by atoms with Crippen LogP contribution in [-0.4, -0.2) is 34.4 Å². The Balaban J connectivity index is 1.99. The standard InChI is InChI=1S/C14H18N2O2S/c1-10(12-6-4-3-5-7-12)15-14(18)13-8-19-9-16(13)11(2)17/h3-7,10,13H,8-9H2,1-2H3,(H,15,18). The van der Waals surface area contributed by atoms with Gasteiger partial charge in [0.25, 0.3) is 0 Å². The number of hydrogen-bond acceptors (Lipinski definition) is 3. The van der Waals surface area contributed by atoms with Crippen molar-refractivity contribution in [2.24, 2.45) is 0 Å². The lowest BCUT2D eigenvalue weighted by Gasteiger charge is -2.23. The predicted molar refractivity (Wildman–Crippen MR) is 76.6 cm³/mol. The SMILES string of the molecule is CC(=O)N1CSCC1C(=O)NC(C)c1ccccc1. The second kappa shape index (κ2) is 6.10. The number of thioether (sulfide) groups is 1. The van der Waals surface area contributed by atoms with Gasteiger partial charge in [-0.1, -0.05) is 30.3 Å². The Hall–Kier alpha value is -1.49. The van der Waals surface area contributed by atoms with Crippen LogP contribution in [0.1, 0.15) is 25.5 Å². The number of nitrogens with zero attached hydrogens (tertiary/aromatic N) is 1. The third-order valence-electron chi connectivity index (χ3n) is 3.25. The summed E-state index contributed by atoms with van der Waals surface area (Å²) in [5.74, 6) is 1.16. The summed E-state index contributed by atoms with van der Waals surface area (Å²) in [7, 11) is 0. The Morgan fingerprint density at radius 1 is 1.37 bits per heavy atom. The van der Waals surface area contributed by atoms with Crippen LogP contribution < -0.4 is 5.32 Å². The Labute approximate surface area is 117 Å². The summed E-state index contributed by atoms with van der Waals surface area (Å²) in [4.78, 5) is 25.3. The molecule has 0 saturated carbocycles. The molecule has 0 aliphatic carbocycles. The summed E-state index contributed by atoms with van der Waals surface area (Å²) >= 11 is 1.61. The normalized spacial score (nSPS) is 20.1. The third kappa shape index (κ3) is 3.29. The van der Waals surface area contributed by atoms with Gasteiger partial charge in [0.1, 0.15) is 6.04 Å². The molecule has 0 aromatic heterocycles. The highest BCUT2D eigenvalue weighted by Gasteiger charge is 2.33. The molecular weight excluding hydrogens is 260 g/mol. The maximum absolute atomic E-state index is 12.2. The summed E-state index contributed by atoms with van der Waals surface area (Å²) < 4.78 is 0. The average Bonchev–Trinajstić information content (AvgIpc) is 2.89. The lowest BCUT2D eigenvalue weighted by molar-refractivity contribution is -0.136. The van der Waals surface area contributed by atoms with Gasteiger partial charge in [0.2, 0.25) is 11.8 Å². The van der Waals surface area contributed by atoms with Crippen molar-refractivity contribution in [2.45, 2.75) is 25.9 Å². The van der Waals surface area contributed by atoms with Gasteiger partial charge in [-0.2, -0.15) is 0 Å². The summed E-state index contributed by atoms with van der Waals surface area (Å²) in [6.07, 6.45) is 0. The fourth-order valence-corrected chi connectivity index (χ4v) is 3.32. The van der Waals surface area contributed by atoms with Crippen LogP contribution in [0.15, 0.2) is 30.3 Å². The van der Waals surface area contributed by atoms with Gasteiger partial charge in [0, 0.05) is 12.7 Å². The minimum absolute atomic E-state index is 0.0440. The number of rotatable bonds is 3. The summed E-state index contributed by atoms with van der Waals surface area (Å²) in [6, 6.07) is 9.43. The molecule has 2 atom stereocenters. The first-order valence-electron chi connectivity index (χ1n) is 6.30. The van der Waals surface area contributed by atoms with Gasteiger partial charge in [-0.25, -0.2) is 0 Å². The molecule has 1 aliphatic rings. The van der Waals surface area contributed by atoms with Crippen LogP contribution in [0.25, 0.3) is 0 Å². The Morgan fingerprint density at radius 3 is 2.68 bits per heavy atom. The van der Waals surface area contributed by atoms with Gasteiger partial charge in [-0.3, -0.25) is 9.59 Å². The van der Waals surface area contributed by atoms with Gasteiger partial charge in [0.15, 0.2) is 0 Å². The molecule has 102 valence electrons. The quantitative estimate of drug-likeness (QED) is 0.917. The first kappa shape index (κ1) is 13.9. The van der Waals surface area contributed by atoms with E-state index in [9.17, 15) is 9.59 Å². The molecule has 0 spiro atoms. The van der Waals surface area contributed by atoms with E-state index in [1.54, 1.807) is 16.7 Å². The Bertz CT molecular complexity index is 464. The van der Waals surface area contributed by atoms with E-state index in [0.29, 0.717) is 11.6 Å². The molecule has 1 fully saturated rings. The smallest absolute Gasteiger partial charge is 0.244 e. The van der Waals surface area contributed by atoms with E-state index in [1.165, 1.54) is 6.92 Å². The fraction of sp³-hybridized carbons (Fsp3) is 0.429. The van der Waals surface area contributed by atoms with Gasteiger partial charge in [-0.05, 0) is 12.5 Å². The van der Waals surface area contributed by atoms with E-state index in [4.69, 9.17) is 0 Å². The molecule has 1 N–H and O–H groups in total. The monoisotopic (exact) mass is 278 g/mol.